The Balaban J connectivity index is 2.55. The summed E-state index contributed by atoms with van der Waals surface area (Å²) in [6, 6.07) is 0. The van der Waals surface area contributed by atoms with E-state index in [-0.39, 0.29) is 25.3 Å². The van der Waals surface area contributed by atoms with Gasteiger partial charge in [-0.2, -0.15) is 0 Å². The van der Waals surface area contributed by atoms with E-state index in [0.717, 1.165) is 4.90 Å². The van der Waals surface area contributed by atoms with Crippen molar-refractivity contribution in [3.8, 4) is 0 Å². The summed E-state index contributed by atoms with van der Waals surface area (Å²) in [5.41, 5.74) is 0. The van der Waals surface area contributed by atoms with Crippen molar-refractivity contribution in [3.05, 3.63) is 0 Å². The van der Waals surface area contributed by atoms with Crippen molar-refractivity contribution in [1.29, 1.82) is 0 Å². The minimum atomic E-state index is -2.61. The Kier molecular flexibility index (Phi) is 3.38. The standard InChI is InChI=1S/C8H11F2NO3/c9-6(10)4-11-3-5(8(13)14)1-2-7(11)12/h5-6H,1-4H2,(H,13,14). The zero-order valence-corrected chi connectivity index (χ0v) is 7.45. The van der Waals surface area contributed by atoms with Crippen LogP contribution in [0.5, 0.6) is 0 Å². The molecule has 1 fully saturated rings. The van der Waals surface area contributed by atoms with E-state index in [1.165, 1.54) is 0 Å². The molecule has 0 radical (unpaired) electrons. The van der Waals surface area contributed by atoms with Crippen LogP contribution in [0.25, 0.3) is 0 Å². The SMILES string of the molecule is O=C(O)C1CCC(=O)N(CC(F)F)C1. The zero-order chi connectivity index (χ0) is 10.7. The molecule has 0 bridgehead atoms. The quantitative estimate of drug-likeness (QED) is 0.736. The molecule has 1 aliphatic rings. The first-order valence-corrected chi connectivity index (χ1v) is 4.29. The molecule has 0 aromatic heterocycles. The number of carbonyl (C=O) groups is 2. The van der Waals surface area contributed by atoms with Crippen molar-refractivity contribution < 1.29 is 23.5 Å². The van der Waals surface area contributed by atoms with Gasteiger partial charge in [-0.25, -0.2) is 8.78 Å². The summed E-state index contributed by atoms with van der Waals surface area (Å²) in [4.78, 5) is 22.6. The average molecular weight is 207 g/mol. The molecule has 0 aliphatic carbocycles. The summed E-state index contributed by atoms with van der Waals surface area (Å²) in [5.74, 6) is -2.12. The smallest absolute Gasteiger partial charge is 0.308 e. The third-order valence-electron chi connectivity index (χ3n) is 2.21. The van der Waals surface area contributed by atoms with Gasteiger partial charge >= 0.3 is 5.97 Å². The summed E-state index contributed by atoms with van der Waals surface area (Å²) in [6.45, 7) is -0.763. The van der Waals surface area contributed by atoms with Crippen LogP contribution in [-0.4, -0.2) is 41.4 Å². The molecule has 0 aromatic carbocycles. The van der Waals surface area contributed by atoms with Crippen LogP contribution in [0.1, 0.15) is 12.8 Å². The van der Waals surface area contributed by atoms with Gasteiger partial charge in [0.1, 0.15) is 0 Å². The number of likely N-dealkylation sites (tertiary alicyclic amines) is 1. The van der Waals surface area contributed by atoms with E-state index >= 15 is 0 Å². The fraction of sp³-hybridized carbons (Fsp3) is 0.750. The Morgan fingerprint density at radius 1 is 1.64 bits per heavy atom. The number of hydrogen-bond donors (Lipinski definition) is 1. The second-order valence-corrected chi connectivity index (χ2v) is 3.26. The first-order chi connectivity index (χ1) is 6.50. The topological polar surface area (TPSA) is 57.6 Å². The predicted molar refractivity (Wildman–Crippen MR) is 42.9 cm³/mol. The maximum Gasteiger partial charge on any atom is 0.308 e. The molecule has 1 N–H and O–H groups in total. The highest BCUT2D eigenvalue weighted by atomic mass is 19.3. The largest absolute Gasteiger partial charge is 0.481 e. The summed E-state index contributed by atoms with van der Waals surface area (Å²) in [5, 5.41) is 8.65. The molecule has 1 amide bonds. The lowest BCUT2D eigenvalue weighted by molar-refractivity contribution is -0.148. The van der Waals surface area contributed by atoms with Gasteiger partial charge < -0.3 is 10.0 Å². The first kappa shape index (κ1) is 10.9. The molecular weight excluding hydrogens is 196 g/mol. The fourth-order valence-electron chi connectivity index (χ4n) is 1.46. The molecule has 1 saturated heterocycles. The van der Waals surface area contributed by atoms with Gasteiger partial charge in [-0.15, -0.1) is 0 Å². The minimum absolute atomic E-state index is 0.0453. The van der Waals surface area contributed by atoms with E-state index in [1.54, 1.807) is 0 Å². The summed E-state index contributed by atoms with van der Waals surface area (Å²) in [7, 11) is 0. The Bertz CT molecular complexity index is 245. The molecule has 0 saturated carbocycles. The highest BCUT2D eigenvalue weighted by molar-refractivity contribution is 5.80. The number of aliphatic carboxylic acids is 1. The summed E-state index contributed by atoms with van der Waals surface area (Å²) in [6.07, 6.45) is -2.32. The Morgan fingerprint density at radius 3 is 2.79 bits per heavy atom. The lowest BCUT2D eigenvalue weighted by Crippen LogP contribution is -2.44. The third kappa shape index (κ3) is 2.65. The van der Waals surface area contributed by atoms with E-state index in [1.807, 2.05) is 0 Å². The molecule has 80 valence electrons. The number of piperidine rings is 1. The fourth-order valence-corrected chi connectivity index (χ4v) is 1.46. The Morgan fingerprint density at radius 2 is 2.29 bits per heavy atom. The van der Waals surface area contributed by atoms with Gasteiger partial charge in [-0.05, 0) is 6.42 Å². The molecule has 14 heavy (non-hydrogen) atoms. The molecule has 1 rings (SSSR count). The highest BCUT2D eigenvalue weighted by Crippen LogP contribution is 2.18. The van der Waals surface area contributed by atoms with Crippen molar-refractivity contribution in [1.82, 2.24) is 4.90 Å². The predicted octanol–water partition coefficient (Wildman–Crippen LogP) is 0.575. The molecule has 0 aromatic rings. The van der Waals surface area contributed by atoms with Crippen molar-refractivity contribution in [2.75, 3.05) is 13.1 Å². The van der Waals surface area contributed by atoms with Crippen molar-refractivity contribution in [3.63, 3.8) is 0 Å². The minimum Gasteiger partial charge on any atom is -0.481 e. The van der Waals surface area contributed by atoms with Gasteiger partial charge in [0.15, 0.2) is 0 Å². The molecule has 1 unspecified atom stereocenters. The molecule has 1 atom stereocenters. The lowest BCUT2D eigenvalue weighted by Gasteiger charge is -2.30. The number of carboxylic acid groups (broad SMARTS) is 1. The first-order valence-electron chi connectivity index (χ1n) is 4.29. The number of carbonyl (C=O) groups excluding carboxylic acids is 1. The number of nitrogens with zero attached hydrogens (tertiary/aromatic N) is 1. The van der Waals surface area contributed by atoms with Gasteiger partial charge in [0.25, 0.3) is 6.43 Å². The summed E-state index contributed by atoms with van der Waals surface area (Å²) < 4.78 is 24.0. The number of halogens is 2. The molecule has 1 heterocycles. The molecule has 4 nitrogen and oxygen atoms in total. The van der Waals surface area contributed by atoms with Crippen molar-refractivity contribution in [2.45, 2.75) is 19.3 Å². The summed E-state index contributed by atoms with van der Waals surface area (Å²) >= 11 is 0. The zero-order valence-electron chi connectivity index (χ0n) is 7.45. The number of hydrogen-bond acceptors (Lipinski definition) is 2. The van der Waals surface area contributed by atoms with Crippen molar-refractivity contribution in [2.24, 2.45) is 5.92 Å². The third-order valence-corrected chi connectivity index (χ3v) is 2.21. The van der Waals surface area contributed by atoms with Crippen LogP contribution in [0.3, 0.4) is 0 Å². The maximum absolute atomic E-state index is 12.0. The van der Waals surface area contributed by atoms with Gasteiger partial charge in [-0.3, -0.25) is 9.59 Å². The molecular formula is C8H11F2NO3. The van der Waals surface area contributed by atoms with E-state index in [9.17, 15) is 18.4 Å². The van der Waals surface area contributed by atoms with E-state index < -0.39 is 24.9 Å². The highest BCUT2D eigenvalue weighted by Gasteiger charge is 2.31. The van der Waals surface area contributed by atoms with Crippen LogP contribution in [0.15, 0.2) is 0 Å². The van der Waals surface area contributed by atoms with E-state index in [0.29, 0.717) is 0 Å². The molecule has 1 aliphatic heterocycles. The molecule has 0 spiro atoms. The van der Waals surface area contributed by atoms with Crippen LogP contribution in [0, 0.1) is 5.92 Å². The van der Waals surface area contributed by atoms with Crippen molar-refractivity contribution >= 4 is 11.9 Å². The second-order valence-electron chi connectivity index (χ2n) is 3.26. The normalized spacial score (nSPS) is 22.9. The molecule has 6 heteroatoms. The maximum atomic E-state index is 12.0. The lowest BCUT2D eigenvalue weighted by atomic mass is 9.98. The van der Waals surface area contributed by atoms with Gasteiger partial charge in [-0.1, -0.05) is 0 Å². The number of alkyl halides is 2. The Hall–Kier alpha value is -1.20. The number of carboxylic acids is 1. The number of rotatable bonds is 3. The van der Waals surface area contributed by atoms with E-state index in [4.69, 9.17) is 5.11 Å². The number of amides is 1. The van der Waals surface area contributed by atoms with Crippen LogP contribution in [0.4, 0.5) is 8.78 Å². The Labute approximate surface area is 79.5 Å². The van der Waals surface area contributed by atoms with Crippen LogP contribution < -0.4 is 0 Å². The van der Waals surface area contributed by atoms with Gasteiger partial charge in [0.05, 0.1) is 12.5 Å². The average Bonchev–Trinajstić information content (AvgIpc) is 2.07. The van der Waals surface area contributed by atoms with Gasteiger partial charge in [0.2, 0.25) is 5.91 Å². The second kappa shape index (κ2) is 4.34. The van der Waals surface area contributed by atoms with Crippen LogP contribution >= 0.6 is 0 Å². The van der Waals surface area contributed by atoms with Gasteiger partial charge in [0, 0.05) is 13.0 Å². The van der Waals surface area contributed by atoms with E-state index in [2.05, 4.69) is 0 Å². The van der Waals surface area contributed by atoms with Crippen LogP contribution in [0.2, 0.25) is 0 Å². The van der Waals surface area contributed by atoms with Crippen LogP contribution in [-0.2, 0) is 9.59 Å². The monoisotopic (exact) mass is 207 g/mol.